The van der Waals surface area contributed by atoms with E-state index in [1.807, 2.05) is 0 Å². The molecule has 0 bridgehead atoms. The zero-order chi connectivity index (χ0) is 41.7. The predicted molar refractivity (Wildman–Crippen MR) is 264 cm³/mol. The van der Waals surface area contributed by atoms with Gasteiger partial charge in [0.1, 0.15) is 0 Å². The van der Waals surface area contributed by atoms with E-state index < -0.39 is 5.41 Å². The monoisotopic (exact) mass is 802 g/mol. The average Bonchev–Trinajstić information content (AvgIpc) is 3.85. The van der Waals surface area contributed by atoms with Crippen LogP contribution in [0.2, 0.25) is 0 Å². The van der Waals surface area contributed by atoms with Crippen LogP contribution in [-0.2, 0) is 5.41 Å². The maximum Gasteiger partial charge on any atom is 0.0714 e. The Morgan fingerprint density at radius 2 is 0.825 bits per heavy atom. The van der Waals surface area contributed by atoms with Crippen molar-refractivity contribution in [3.05, 3.63) is 277 Å². The smallest absolute Gasteiger partial charge is 0.0714 e. The average molecular weight is 803 g/mol. The Labute approximate surface area is 368 Å². The lowest BCUT2D eigenvalue weighted by atomic mass is 9.67. The van der Waals surface area contributed by atoms with E-state index in [2.05, 4.69) is 264 Å². The highest BCUT2D eigenvalue weighted by atomic mass is 15.1. The molecule has 0 aliphatic heterocycles. The molecule has 1 unspecified atom stereocenters. The third kappa shape index (κ3) is 5.95. The van der Waals surface area contributed by atoms with Crippen LogP contribution in [0.1, 0.15) is 22.3 Å². The first-order valence-electron chi connectivity index (χ1n) is 21.8. The number of anilines is 3. The van der Waals surface area contributed by atoms with Gasteiger partial charge in [-0.15, -0.1) is 0 Å². The van der Waals surface area contributed by atoms with Crippen LogP contribution < -0.4 is 4.90 Å². The molecule has 1 heterocycles. The molecule has 0 amide bonds. The summed E-state index contributed by atoms with van der Waals surface area (Å²) >= 11 is 0. The molecular formula is C61H42N2. The molecule has 1 atom stereocenters. The molecule has 0 N–H and O–H groups in total. The van der Waals surface area contributed by atoms with Crippen LogP contribution in [0.3, 0.4) is 0 Å². The summed E-state index contributed by atoms with van der Waals surface area (Å²) in [6.07, 6.45) is 0. The first kappa shape index (κ1) is 36.6. The van der Waals surface area contributed by atoms with Crippen LogP contribution in [0.15, 0.2) is 255 Å². The molecule has 1 aliphatic rings. The Balaban J connectivity index is 1.03. The molecule has 2 heteroatoms. The molecule has 0 saturated carbocycles. The number of hydrogen-bond donors (Lipinski definition) is 0. The highest BCUT2D eigenvalue weighted by Gasteiger charge is 2.46. The minimum Gasteiger partial charge on any atom is -0.311 e. The number of nitrogens with zero attached hydrogens (tertiary/aromatic N) is 2. The second-order valence-corrected chi connectivity index (χ2v) is 16.5. The quantitative estimate of drug-likeness (QED) is 0.149. The third-order valence-electron chi connectivity index (χ3n) is 13.1. The molecule has 10 aromatic carbocycles. The van der Waals surface area contributed by atoms with Gasteiger partial charge in [0.25, 0.3) is 0 Å². The first-order chi connectivity index (χ1) is 31.3. The molecule has 63 heavy (non-hydrogen) atoms. The third-order valence-corrected chi connectivity index (χ3v) is 13.1. The van der Waals surface area contributed by atoms with E-state index in [0.717, 1.165) is 22.7 Å². The summed E-state index contributed by atoms with van der Waals surface area (Å²) < 4.78 is 2.48. The van der Waals surface area contributed by atoms with Crippen LogP contribution in [0, 0.1) is 0 Å². The number of para-hydroxylation sites is 3. The molecule has 0 fully saturated rings. The van der Waals surface area contributed by atoms with Crippen LogP contribution in [-0.4, -0.2) is 4.57 Å². The molecule has 0 spiro atoms. The fourth-order valence-electron chi connectivity index (χ4n) is 10.3. The number of benzene rings is 10. The van der Waals surface area contributed by atoms with Gasteiger partial charge in [-0.05, 0) is 122 Å². The minimum absolute atomic E-state index is 0.533. The highest BCUT2D eigenvalue weighted by molar-refractivity contribution is 6.12. The second kappa shape index (κ2) is 15.1. The Bertz CT molecular complexity index is 3370. The summed E-state index contributed by atoms with van der Waals surface area (Å²) in [6, 6.07) is 93.2. The van der Waals surface area contributed by atoms with Crippen molar-refractivity contribution in [3.63, 3.8) is 0 Å². The minimum atomic E-state index is -0.533. The van der Waals surface area contributed by atoms with Crippen LogP contribution in [0.5, 0.6) is 0 Å². The molecule has 12 rings (SSSR count). The maximum absolute atomic E-state index is 2.51. The predicted octanol–water partition coefficient (Wildman–Crippen LogP) is 16.0. The number of hydrogen-bond acceptors (Lipinski definition) is 1. The summed E-state index contributed by atoms with van der Waals surface area (Å²) in [5, 5.41) is 2.49. The van der Waals surface area contributed by atoms with Crippen molar-refractivity contribution in [2.75, 3.05) is 4.90 Å². The number of fused-ring (bicyclic) bond motifs is 6. The van der Waals surface area contributed by atoms with E-state index in [4.69, 9.17) is 0 Å². The second-order valence-electron chi connectivity index (χ2n) is 16.5. The lowest BCUT2D eigenvalue weighted by Crippen LogP contribution is -2.28. The van der Waals surface area contributed by atoms with Gasteiger partial charge in [0.15, 0.2) is 0 Å². The van der Waals surface area contributed by atoms with Crippen molar-refractivity contribution in [3.8, 4) is 39.1 Å². The zero-order valence-corrected chi connectivity index (χ0v) is 34.6. The van der Waals surface area contributed by atoms with E-state index >= 15 is 0 Å². The largest absolute Gasteiger partial charge is 0.311 e. The molecule has 2 nitrogen and oxygen atoms in total. The molecule has 1 aliphatic carbocycles. The number of rotatable bonds is 8. The fourth-order valence-corrected chi connectivity index (χ4v) is 10.3. The molecule has 0 saturated heterocycles. The standard InChI is InChI=1S/C61H42N2/c1-5-18-43(19-6-1)44-32-36-48(37-33-44)61(47-21-7-2-8-22-47)57-30-15-13-28-53(57)55-41-56-54-29-14-16-31-59(54)63(60(56)42-58(55)61)52-27-17-20-46(40-52)45-34-38-51(39-35-45)62(49-23-9-3-10-24-49)50-25-11-4-12-26-50/h1-42H. The summed E-state index contributed by atoms with van der Waals surface area (Å²) in [5.74, 6) is 0. The summed E-state index contributed by atoms with van der Waals surface area (Å²) in [6.45, 7) is 0. The van der Waals surface area contributed by atoms with Crippen molar-refractivity contribution in [2.24, 2.45) is 0 Å². The van der Waals surface area contributed by atoms with Crippen molar-refractivity contribution < 1.29 is 0 Å². The topological polar surface area (TPSA) is 8.17 Å². The SMILES string of the molecule is c1ccc(-c2ccc(C3(c4ccccc4)c4ccccc4-c4cc5c6ccccc6n(-c6cccc(-c7ccc(N(c8ccccc8)c8ccccc8)cc7)c6)c5cc43)cc2)cc1. The maximum atomic E-state index is 2.51. The zero-order valence-electron chi connectivity index (χ0n) is 34.6. The van der Waals surface area contributed by atoms with Crippen LogP contribution >= 0.6 is 0 Å². The van der Waals surface area contributed by atoms with Crippen LogP contribution in [0.4, 0.5) is 17.1 Å². The molecule has 0 radical (unpaired) electrons. The van der Waals surface area contributed by atoms with Crippen molar-refractivity contribution >= 4 is 38.9 Å². The van der Waals surface area contributed by atoms with Crippen molar-refractivity contribution in [1.29, 1.82) is 0 Å². The molecular weight excluding hydrogens is 761 g/mol. The van der Waals surface area contributed by atoms with Gasteiger partial charge in [0.05, 0.1) is 16.4 Å². The van der Waals surface area contributed by atoms with Gasteiger partial charge in [-0.25, -0.2) is 0 Å². The molecule has 11 aromatic rings. The van der Waals surface area contributed by atoms with Crippen molar-refractivity contribution in [2.45, 2.75) is 5.41 Å². The lowest BCUT2D eigenvalue weighted by molar-refractivity contribution is 0.769. The van der Waals surface area contributed by atoms with E-state index in [1.54, 1.807) is 0 Å². The Morgan fingerprint density at radius 3 is 1.54 bits per heavy atom. The van der Waals surface area contributed by atoms with E-state index in [9.17, 15) is 0 Å². The van der Waals surface area contributed by atoms with Gasteiger partial charge in [-0.2, -0.15) is 0 Å². The molecule has 1 aromatic heterocycles. The van der Waals surface area contributed by atoms with Gasteiger partial charge in [0.2, 0.25) is 0 Å². The highest BCUT2D eigenvalue weighted by Crippen LogP contribution is 2.57. The normalized spacial score (nSPS) is 14.1. The van der Waals surface area contributed by atoms with Gasteiger partial charge >= 0.3 is 0 Å². The van der Waals surface area contributed by atoms with Gasteiger partial charge in [-0.3, -0.25) is 0 Å². The summed E-state index contributed by atoms with van der Waals surface area (Å²) in [5.41, 5.74) is 18.8. The van der Waals surface area contributed by atoms with Crippen molar-refractivity contribution in [1.82, 2.24) is 4.57 Å². The van der Waals surface area contributed by atoms with Gasteiger partial charge in [-0.1, -0.05) is 188 Å². The first-order valence-corrected chi connectivity index (χ1v) is 21.8. The lowest BCUT2D eigenvalue weighted by Gasteiger charge is -2.34. The van der Waals surface area contributed by atoms with Gasteiger partial charge in [0, 0.05) is 33.5 Å². The van der Waals surface area contributed by atoms with E-state index in [-0.39, 0.29) is 0 Å². The van der Waals surface area contributed by atoms with E-state index in [0.29, 0.717) is 0 Å². The van der Waals surface area contributed by atoms with E-state index in [1.165, 1.54) is 77.4 Å². The van der Waals surface area contributed by atoms with Crippen LogP contribution in [0.25, 0.3) is 60.9 Å². The Morgan fingerprint density at radius 1 is 0.302 bits per heavy atom. The summed E-state index contributed by atoms with van der Waals surface area (Å²) in [4.78, 5) is 2.31. The molecule has 296 valence electrons. The number of aromatic nitrogens is 1. The van der Waals surface area contributed by atoms with Gasteiger partial charge < -0.3 is 9.47 Å². The Kier molecular flexibility index (Phi) is 8.76. The summed E-state index contributed by atoms with van der Waals surface area (Å²) in [7, 11) is 0. The Hall–Kier alpha value is -8.20. The fraction of sp³-hybridized carbons (Fsp3) is 0.0164.